The number of fused-ring (bicyclic) bond motifs is 10. The maximum absolute atomic E-state index is 5.31. The molecule has 0 atom stereocenters. The lowest BCUT2D eigenvalue weighted by Crippen LogP contribution is -2.06. The van der Waals surface area contributed by atoms with Crippen molar-refractivity contribution in [1.29, 1.82) is 0 Å². The van der Waals surface area contributed by atoms with E-state index in [1.54, 1.807) is 0 Å². The summed E-state index contributed by atoms with van der Waals surface area (Å²) < 4.78 is 4.82. The molecule has 5 heteroatoms. The molecule has 252 valence electrons. The monoisotopic (exact) mass is 706 g/mol. The second-order valence-corrected chi connectivity index (χ2v) is 14.6. The molecule has 4 nitrogen and oxygen atoms in total. The predicted octanol–water partition coefficient (Wildman–Crippen LogP) is 13.2. The predicted molar refractivity (Wildman–Crippen MR) is 226 cm³/mol. The van der Waals surface area contributed by atoms with Gasteiger partial charge in [0.2, 0.25) is 5.95 Å². The van der Waals surface area contributed by atoms with Crippen molar-refractivity contribution in [2.45, 2.75) is 0 Å². The van der Waals surface area contributed by atoms with Gasteiger partial charge in [0.1, 0.15) is 0 Å². The van der Waals surface area contributed by atoms with Crippen molar-refractivity contribution < 1.29 is 0 Å². The molecule has 0 aliphatic carbocycles. The lowest BCUT2D eigenvalue weighted by molar-refractivity contribution is 0.955. The fourth-order valence-electron chi connectivity index (χ4n) is 8.00. The number of benzene rings is 8. The Bertz CT molecular complexity index is 3130. The Labute approximate surface area is 315 Å². The molecule has 0 fully saturated rings. The molecule has 54 heavy (non-hydrogen) atoms. The van der Waals surface area contributed by atoms with Crippen molar-refractivity contribution >= 4 is 64.1 Å². The molecule has 11 aromatic rings. The number of hydrogen-bond donors (Lipinski definition) is 0. The summed E-state index contributed by atoms with van der Waals surface area (Å²) in [5.41, 5.74) is 8.81. The first kappa shape index (κ1) is 30.7. The average Bonchev–Trinajstić information content (AvgIpc) is 3.81. The Hall–Kier alpha value is -6.95. The molecule has 0 bridgehead atoms. The van der Waals surface area contributed by atoms with Crippen LogP contribution in [0.2, 0.25) is 0 Å². The molecule has 3 aromatic heterocycles. The van der Waals surface area contributed by atoms with E-state index in [2.05, 4.69) is 150 Å². The molecule has 0 radical (unpaired) electrons. The highest BCUT2D eigenvalue weighted by atomic mass is 32.1. The summed E-state index contributed by atoms with van der Waals surface area (Å²) in [6, 6.07) is 64.2. The fraction of sp³-hybridized carbons (Fsp3) is 0. The zero-order valence-electron chi connectivity index (χ0n) is 29.0. The highest BCUT2D eigenvalue weighted by Crippen LogP contribution is 2.50. The van der Waals surface area contributed by atoms with Gasteiger partial charge in [-0.2, -0.15) is 9.97 Å². The van der Waals surface area contributed by atoms with Crippen LogP contribution in [0, 0.1) is 0 Å². The summed E-state index contributed by atoms with van der Waals surface area (Å²) in [5.74, 6) is 1.85. The number of hydrogen-bond acceptors (Lipinski definition) is 4. The van der Waals surface area contributed by atoms with Crippen LogP contribution in [0.1, 0.15) is 0 Å². The number of aromatic nitrogens is 4. The largest absolute Gasteiger partial charge is 0.277 e. The maximum atomic E-state index is 5.31. The van der Waals surface area contributed by atoms with E-state index in [0.29, 0.717) is 17.6 Å². The van der Waals surface area contributed by atoms with Crippen LogP contribution in [-0.2, 0) is 0 Å². The van der Waals surface area contributed by atoms with Crippen molar-refractivity contribution in [1.82, 2.24) is 19.5 Å². The average molecular weight is 707 g/mol. The van der Waals surface area contributed by atoms with Gasteiger partial charge < -0.3 is 0 Å². The molecule has 0 aliphatic heterocycles. The topological polar surface area (TPSA) is 43.6 Å². The highest BCUT2D eigenvalue weighted by Gasteiger charge is 2.25. The van der Waals surface area contributed by atoms with Gasteiger partial charge in [0, 0.05) is 47.5 Å². The quantitative estimate of drug-likeness (QED) is 0.179. The van der Waals surface area contributed by atoms with E-state index in [-0.39, 0.29) is 0 Å². The van der Waals surface area contributed by atoms with Gasteiger partial charge in [0.25, 0.3) is 0 Å². The van der Waals surface area contributed by atoms with Crippen molar-refractivity contribution in [3.05, 3.63) is 182 Å². The number of rotatable bonds is 5. The molecule has 0 N–H and O–H groups in total. The van der Waals surface area contributed by atoms with Crippen LogP contribution >= 0.6 is 11.3 Å². The van der Waals surface area contributed by atoms with Gasteiger partial charge in [0.05, 0.1) is 11.0 Å². The molecule has 0 unspecified atom stereocenters. The maximum Gasteiger partial charge on any atom is 0.238 e. The Morgan fingerprint density at radius 2 is 0.926 bits per heavy atom. The third-order valence-electron chi connectivity index (χ3n) is 10.4. The van der Waals surface area contributed by atoms with Crippen molar-refractivity contribution in [2.24, 2.45) is 0 Å². The molecular weight excluding hydrogens is 677 g/mol. The summed E-state index contributed by atoms with van der Waals surface area (Å²) in [6.07, 6.45) is 0. The summed E-state index contributed by atoms with van der Waals surface area (Å²) in [4.78, 5) is 15.7. The van der Waals surface area contributed by atoms with E-state index >= 15 is 0 Å². The third kappa shape index (κ3) is 4.79. The van der Waals surface area contributed by atoms with E-state index in [9.17, 15) is 0 Å². The van der Waals surface area contributed by atoms with E-state index in [1.807, 2.05) is 47.7 Å². The standard InChI is InChI=1S/C49H30N4S/c1-5-16-31(17-6-1)35-28-29-41-40(30-35)42-37-24-13-14-25-38(37)46-43(39-27-15-26-36(45(39)54-46)32-18-7-2-8-19-32)44(42)53(41)49-51-47(33-20-9-3-10-21-33)50-48(52-49)34-22-11-4-12-23-34/h1-30H. The summed E-state index contributed by atoms with van der Waals surface area (Å²) in [5, 5.41) is 7.24. The van der Waals surface area contributed by atoms with Gasteiger partial charge in [-0.1, -0.05) is 170 Å². The molecule has 0 aliphatic rings. The minimum Gasteiger partial charge on any atom is -0.277 e. The van der Waals surface area contributed by atoms with Crippen LogP contribution < -0.4 is 0 Å². The van der Waals surface area contributed by atoms with Gasteiger partial charge in [-0.05, 0) is 39.8 Å². The number of nitrogens with zero attached hydrogens (tertiary/aromatic N) is 4. The van der Waals surface area contributed by atoms with E-state index in [1.165, 1.54) is 58.6 Å². The molecule has 0 spiro atoms. The number of thiophene rings is 1. The van der Waals surface area contributed by atoms with Crippen LogP contribution in [0.5, 0.6) is 0 Å². The molecule has 3 heterocycles. The molecule has 0 amide bonds. The van der Waals surface area contributed by atoms with E-state index < -0.39 is 0 Å². The van der Waals surface area contributed by atoms with Crippen molar-refractivity contribution in [2.75, 3.05) is 0 Å². The first-order valence-corrected chi connectivity index (χ1v) is 18.9. The zero-order chi connectivity index (χ0) is 35.6. The van der Waals surface area contributed by atoms with Gasteiger partial charge in [-0.15, -0.1) is 11.3 Å². The van der Waals surface area contributed by atoms with Gasteiger partial charge in [-0.3, -0.25) is 4.57 Å². The van der Waals surface area contributed by atoms with Crippen LogP contribution in [0.3, 0.4) is 0 Å². The molecule has 0 saturated carbocycles. The Morgan fingerprint density at radius 3 is 1.57 bits per heavy atom. The summed E-state index contributed by atoms with van der Waals surface area (Å²) in [7, 11) is 0. The Kier molecular flexibility index (Phi) is 7.00. The Morgan fingerprint density at radius 1 is 0.370 bits per heavy atom. The minimum atomic E-state index is 0.588. The van der Waals surface area contributed by atoms with Gasteiger partial charge in [0.15, 0.2) is 11.6 Å². The normalized spacial score (nSPS) is 11.7. The first-order chi connectivity index (χ1) is 26.8. The second-order valence-electron chi connectivity index (χ2n) is 13.6. The SMILES string of the molecule is c1ccc(-c2ccc3c(c2)c2c4ccccc4c4sc5c(-c6ccccc6)cccc5c4c2n3-c2nc(-c3ccccc3)nc(-c3ccccc3)n2)cc1. The van der Waals surface area contributed by atoms with Gasteiger partial charge in [-0.25, -0.2) is 4.98 Å². The fourth-order valence-corrected chi connectivity index (χ4v) is 9.38. The molecule has 11 rings (SSSR count). The van der Waals surface area contributed by atoms with Crippen molar-refractivity contribution in [3.63, 3.8) is 0 Å². The minimum absolute atomic E-state index is 0.588. The van der Waals surface area contributed by atoms with Gasteiger partial charge >= 0.3 is 0 Å². The van der Waals surface area contributed by atoms with Crippen LogP contribution in [0.25, 0.3) is 104 Å². The van der Waals surface area contributed by atoms with E-state index in [4.69, 9.17) is 15.0 Å². The van der Waals surface area contributed by atoms with E-state index in [0.717, 1.165) is 27.5 Å². The second kappa shape index (κ2) is 12.3. The summed E-state index contributed by atoms with van der Waals surface area (Å²) >= 11 is 1.87. The van der Waals surface area contributed by atoms with Crippen LogP contribution in [-0.4, -0.2) is 19.5 Å². The lowest BCUT2D eigenvalue weighted by Gasteiger charge is -2.12. The smallest absolute Gasteiger partial charge is 0.238 e. The Balaban J connectivity index is 1.35. The third-order valence-corrected chi connectivity index (χ3v) is 11.7. The lowest BCUT2D eigenvalue weighted by atomic mass is 9.97. The van der Waals surface area contributed by atoms with Crippen LogP contribution in [0.4, 0.5) is 0 Å². The van der Waals surface area contributed by atoms with Crippen molar-refractivity contribution in [3.8, 4) is 51.0 Å². The van der Waals surface area contributed by atoms with Crippen LogP contribution in [0.15, 0.2) is 182 Å². The molecule has 0 saturated heterocycles. The molecule has 8 aromatic carbocycles. The summed E-state index contributed by atoms with van der Waals surface area (Å²) in [6.45, 7) is 0. The molecular formula is C49H30N4S. The highest BCUT2D eigenvalue weighted by molar-refractivity contribution is 7.27. The first-order valence-electron chi connectivity index (χ1n) is 18.1. The zero-order valence-corrected chi connectivity index (χ0v) is 29.8.